The third kappa shape index (κ3) is 4.44. The number of rotatable bonds is 10. The molecule has 0 aliphatic carbocycles. The molecule has 3 aliphatic rings. The molecule has 3 amide bonds. The van der Waals surface area contributed by atoms with Crippen LogP contribution in [0, 0.1) is 25.7 Å². The molecule has 38 heavy (non-hydrogen) atoms. The molecular formula is C29H38BrN3O4S. The summed E-state index contributed by atoms with van der Waals surface area (Å²) >= 11 is 5.43. The summed E-state index contributed by atoms with van der Waals surface area (Å²) in [6.45, 7) is 13.9. The van der Waals surface area contributed by atoms with Gasteiger partial charge in [0.15, 0.2) is 0 Å². The fourth-order valence-electron chi connectivity index (χ4n) is 6.57. The second kappa shape index (κ2) is 11.2. The number of fused-ring (bicyclic) bond motifs is 1. The van der Waals surface area contributed by atoms with Gasteiger partial charge in [0.25, 0.3) is 5.91 Å². The summed E-state index contributed by atoms with van der Waals surface area (Å²) in [6, 6.07) is 4.66. The van der Waals surface area contributed by atoms with Gasteiger partial charge in [-0.25, -0.2) is 0 Å². The molecule has 9 heteroatoms. The van der Waals surface area contributed by atoms with Gasteiger partial charge in [-0.2, -0.15) is 0 Å². The maximum atomic E-state index is 14.7. The number of thioether (sulfide) groups is 1. The van der Waals surface area contributed by atoms with Crippen molar-refractivity contribution in [1.82, 2.24) is 9.80 Å². The second-order valence-corrected chi connectivity index (χ2v) is 13.4. The first kappa shape index (κ1) is 28.9. The van der Waals surface area contributed by atoms with E-state index in [1.807, 2.05) is 39.0 Å². The van der Waals surface area contributed by atoms with Crippen molar-refractivity contribution in [3.05, 3.63) is 54.6 Å². The van der Waals surface area contributed by atoms with Crippen LogP contribution in [0.25, 0.3) is 0 Å². The minimum Gasteiger partial charge on any atom is -0.394 e. The molecule has 206 valence electrons. The van der Waals surface area contributed by atoms with E-state index in [9.17, 15) is 19.5 Å². The van der Waals surface area contributed by atoms with Gasteiger partial charge < -0.3 is 19.8 Å². The van der Waals surface area contributed by atoms with E-state index in [2.05, 4.69) is 29.1 Å². The third-order valence-electron chi connectivity index (χ3n) is 8.33. The molecule has 0 saturated carbocycles. The molecule has 3 heterocycles. The zero-order valence-electron chi connectivity index (χ0n) is 22.6. The zero-order valence-corrected chi connectivity index (χ0v) is 25.0. The van der Waals surface area contributed by atoms with Crippen LogP contribution in [0.3, 0.4) is 0 Å². The van der Waals surface area contributed by atoms with Gasteiger partial charge >= 0.3 is 0 Å². The predicted octanol–water partition coefficient (Wildman–Crippen LogP) is 3.70. The Bertz CT molecular complexity index is 1140. The number of likely N-dealkylation sites (tertiary alicyclic amines) is 1. The highest BCUT2D eigenvalue weighted by molar-refractivity contribution is 9.09. The Morgan fingerprint density at radius 2 is 1.95 bits per heavy atom. The predicted molar refractivity (Wildman–Crippen MR) is 157 cm³/mol. The SMILES string of the molecule is C=CCN(C)C(=O)[C@H]1[C@@H]2SC3(CC2Br)C(C(=O)N(CC=C)c2cc(C)ccc2C)N([C@@H](CC)CO)C(=O)[C@H]13. The van der Waals surface area contributed by atoms with E-state index in [0.717, 1.165) is 16.8 Å². The van der Waals surface area contributed by atoms with Crippen LogP contribution in [0.2, 0.25) is 0 Å². The van der Waals surface area contributed by atoms with Crippen molar-refractivity contribution in [3.8, 4) is 0 Å². The fraction of sp³-hybridized carbons (Fsp3) is 0.552. The summed E-state index contributed by atoms with van der Waals surface area (Å²) in [5.74, 6) is -1.69. The van der Waals surface area contributed by atoms with Crippen LogP contribution in [0.15, 0.2) is 43.5 Å². The fourth-order valence-corrected chi connectivity index (χ4v) is 10.2. The lowest BCUT2D eigenvalue weighted by molar-refractivity contribution is -0.144. The molecule has 3 fully saturated rings. The summed E-state index contributed by atoms with van der Waals surface area (Å²) in [4.78, 5) is 47.6. The second-order valence-electron chi connectivity index (χ2n) is 10.7. The monoisotopic (exact) mass is 603 g/mol. The van der Waals surface area contributed by atoms with E-state index >= 15 is 0 Å². The highest BCUT2D eigenvalue weighted by Crippen LogP contribution is 2.68. The molecule has 0 aromatic heterocycles. The van der Waals surface area contributed by atoms with E-state index in [1.165, 1.54) is 0 Å². The van der Waals surface area contributed by atoms with Crippen molar-refractivity contribution in [2.24, 2.45) is 11.8 Å². The van der Waals surface area contributed by atoms with Crippen molar-refractivity contribution in [3.63, 3.8) is 0 Å². The number of aliphatic hydroxyl groups is 1. The van der Waals surface area contributed by atoms with Crippen molar-refractivity contribution in [2.45, 2.75) is 60.5 Å². The summed E-state index contributed by atoms with van der Waals surface area (Å²) in [6.07, 6.45) is 4.46. The molecule has 0 radical (unpaired) electrons. The van der Waals surface area contributed by atoms with Crippen LogP contribution in [0.4, 0.5) is 5.69 Å². The molecule has 1 aromatic rings. The Morgan fingerprint density at radius 3 is 2.55 bits per heavy atom. The van der Waals surface area contributed by atoms with Crippen molar-refractivity contribution >= 4 is 51.1 Å². The van der Waals surface area contributed by atoms with E-state index in [-0.39, 0.29) is 41.0 Å². The molecule has 7 nitrogen and oxygen atoms in total. The number of amides is 3. The molecule has 3 saturated heterocycles. The Balaban J connectivity index is 1.86. The van der Waals surface area contributed by atoms with Crippen LogP contribution in [0.5, 0.6) is 0 Å². The molecule has 1 spiro atoms. The van der Waals surface area contributed by atoms with Gasteiger partial charge in [-0.1, -0.05) is 47.1 Å². The van der Waals surface area contributed by atoms with Crippen molar-refractivity contribution in [2.75, 3.05) is 31.6 Å². The molecular weight excluding hydrogens is 566 g/mol. The number of aryl methyl sites for hydroxylation is 2. The number of hydrogen-bond acceptors (Lipinski definition) is 5. The van der Waals surface area contributed by atoms with Gasteiger partial charge in [-0.15, -0.1) is 24.9 Å². The Kier molecular flexibility index (Phi) is 8.50. The third-order valence-corrected chi connectivity index (χ3v) is 11.6. The molecule has 7 atom stereocenters. The maximum Gasteiger partial charge on any atom is 0.251 e. The highest BCUT2D eigenvalue weighted by atomic mass is 79.9. The Hall–Kier alpha value is -2.10. The van der Waals surface area contributed by atoms with Crippen LogP contribution in [0.1, 0.15) is 30.9 Å². The van der Waals surface area contributed by atoms with E-state index in [4.69, 9.17) is 0 Å². The zero-order chi connectivity index (χ0) is 27.9. The van der Waals surface area contributed by atoms with E-state index in [0.29, 0.717) is 19.4 Å². The standard InChI is InChI=1S/C29H38BrN3O4S/c1-7-12-31(6)26(35)22-23-27(36)33(19(9-3)16-34)25(29(23)15-20(30)24(22)38-29)28(37)32(13-8-2)21-14-17(4)10-11-18(21)5/h7-8,10-11,14,19-20,22-25,34H,1-2,9,12-13,15-16H2,3-6H3/t19-,20?,22+,23-,24+,25?,29?/m0/s1. The quantitative estimate of drug-likeness (QED) is 0.326. The number of carbonyl (C=O) groups excluding carboxylic acids is 3. The number of anilines is 1. The van der Waals surface area contributed by atoms with Crippen molar-refractivity contribution in [1.29, 1.82) is 0 Å². The van der Waals surface area contributed by atoms with Gasteiger partial charge in [0, 0.05) is 35.9 Å². The van der Waals surface area contributed by atoms with Crippen LogP contribution < -0.4 is 4.90 Å². The van der Waals surface area contributed by atoms with Crippen molar-refractivity contribution < 1.29 is 19.5 Å². The van der Waals surface area contributed by atoms with Gasteiger partial charge in [0.05, 0.1) is 29.2 Å². The highest BCUT2D eigenvalue weighted by Gasteiger charge is 2.76. The first-order valence-corrected chi connectivity index (χ1v) is 15.0. The van der Waals surface area contributed by atoms with Gasteiger partial charge in [-0.3, -0.25) is 14.4 Å². The van der Waals surface area contributed by atoms with E-state index < -0.39 is 28.7 Å². The number of hydrogen-bond donors (Lipinski definition) is 1. The lowest BCUT2D eigenvalue weighted by Gasteiger charge is -2.40. The minimum atomic E-state index is -0.811. The average molecular weight is 605 g/mol. The summed E-state index contributed by atoms with van der Waals surface area (Å²) in [5.41, 5.74) is 2.76. The molecule has 3 aliphatic heterocycles. The number of likely N-dealkylation sites (N-methyl/N-ethyl adjacent to an activating group) is 1. The van der Waals surface area contributed by atoms with Crippen LogP contribution in [-0.2, 0) is 14.4 Å². The average Bonchev–Trinajstić information content (AvgIpc) is 3.48. The summed E-state index contributed by atoms with van der Waals surface area (Å²) in [5, 5.41) is 10.2. The minimum absolute atomic E-state index is 0.0133. The molecule has 1 aromatic carbocycles. The Morgan fingerprint density at radius 1 is 1.26 bits per heavy atom. The van der Waals surface area contributed by atoms with E-state index in [1.54, 1.807) is 45.7 Å². The van der Waals surface area contributed by atoms with Crippen LogP contribution in [-0.4, -0.2) is 86.3 Å². The van der Waals surface area contributed by atoms with Gasteiger partial charge in [-0.05, 0) is 43.9 Å². The number of benzene rings is 1. The molecule has 4 rings (SSSR count). The normalized spacial score (nSPS) is 30.2. The lowest BCUT2D eigenvalue weighted by atomic mass is 9.70. The largest absolute Gasteiger partial charge is 0.394 e. The topological polar surface area (TPSA) is 81.2 Å². The maximum absolute atomic E-state index is 14.7. The Labute approximate surface area is 238 Å². The first-order chi connectivity index (χ1) is 18.1. The first-order valence-electron chi connectivity index (χ1n) is 13.2. The van der Waals surface area contributed by atoms with Gasteiger partial charge in [0.1, 0.15) is 6.04 Å². The lowest BCUT2D eigenvalue weighted by Crippen LogP contribution is -2.58. The number of nitrogens with zero attached hydrogens (tertiary/aromatic N) is 3. The number of halogens is 1. The smallest absolute Gasteiger partial charge is 0.251 e. The summed E-state index contributed by atoms with van der Waals surface area (Å²) < 4.78 is -0.776. The number of alkyl halides is 1. The number of carbonyl (C=O) groups is 3. The van der Waals surface area contributed by atoms with Gasteiger partial charge in [0.2, 0.25) is 11.8 Å². The van der Waals surface area contributed by atoms with Crippen LogP contribution >= 0.6 is 27.7 Å². The molecule has 3 unspecified atom stereocenters. The molecule has 2 bridgehead atoms. The summed E-state index contributed by atoms with van der Waals surface area (Å²) in [7, 11) is 1.73. The number of aliphatic hydroxyl groups excluding tert-OH is 1. The molecule has 1 N–H and O–H groups in total.